The van der Waals surface area contributed by atoms with Crippen LogP contribution in [0.1, 0.15) is 5.56 Å². The van der Waals surface area contributed by atoms with E-state index in [0.717, 1.165) is 23.1 Å². The van der Waals surface area contributed by atoms with Crippen LogP contribution in [0.4, 0.5) is 23.4 Å². The molecule has 0 unspecified atom stereocenters. The molecule has 4 nitrogen and oxygen atoms in total. The largest absolute Gasteiger partial charge is 0.416 e. The molecule has 0 spiro atoms. The second kappa shape index (κ2) is 3.90. The molecule has 0 aliphatic heterocycles. The van der Waals surface area contributed by atoms with Crippen molar-refractivity contribution in [3.63, 3.8) is 0 Å². The molecule has 1 aromatic heterocycles. The van der Waals surface area contributed by atoms with Gasteiger partial charge in [0.15, 0.2) is 0 Å². The molecule has 0 atom stereocenters. The van der Waals surface area contributed by atoms with Crippen LogP contribution in [-0.2, 0) is 6.18 Å². The van der Waals surface area contributed by atoms with Crippen LogP contribution in [0.2, 0.25) is 0 Å². The number of hydrogen-bond donors (Lipinski definition) is 2. The van der Waals surface area contributed by atoms with Crippen molar-refractivity contribution in [2.24, 2.45) is 0 Å². The Bertz CT molecular complexity index is 588. The number of nitrogens with zero attached hydrogens (tertiary/aromatic N) is 2. The lowest BCUT2D eigenvalue weighted by Crippen LogP contribution is -2.10. The molecule has 0 bridgehead atoms. The van der Waals surface area contributed by atoms with Crippen LogP contribution < -0.4 is 11.6 Å². The highest BCUT2D eigenvalue weighted by Gasteiger charge is 2.31. The topological polar surface area (TPSA) is 69.9 Å². The van der Waals surface area contributed by atoms with Crippen LogP contribution in [0.15, 0.2) is 24.5 Å². The van der Waals surface area contributed by atoms with Crippen LogP contribution in [0, 0.1) is 5.82 Å². The Balaban J connectivity index is 2.59. The highest BCUT2D eigenvalue weighted by atomic mass is 19.4. The second-order valence-corrected chi connectivity index (χ2v) is 3.61. The standard InChI is InChI=1S/C10H8F4N4/c11-7-2-5(1-6(3-7)10(12,13)14)8-9(15)18(16)4-17-8/h1-4H,15-16H2. The lowest BCUT2D eigenvalue weighted by atomic mass is 10.1. The summed E-state index contributed by atoms with van der Waals surface area (Å²) in [6.45, 7) is 0. The van der Waals surface area contributed by atoms with Crippen molar-refractivity contribution < 1.29 is 17.6 Å². The zero-order chi connectivity index (χ0) is 13.5. The molecule has 0 aliphatic carbocycles. The summed E-state index contributed by atoms with van der Waals surface area (Å²) in [7, 11) is 0. The van der Waals surface area contributed by atoms with E-state index in [0.29, 0.717) is 6.07 Å². The lowest BCUT2D eigenvalue weighted by Gasteiger charge is -2.08. The second-order valence-electron chi connectivity index (χ2n) is 3.61. The fourth-order valence-electron chi connectivity index (χ4n) is 1.48. The monoisotopic (exact) mass is 260 g/mol. The third-order valence-electron chi connectivity index (χ3n) is 2.33. The van der Waals surface area contributed by atoms with Crippen LogP contribution >= 0.6 is 0 Å². The van der Waals surface area contributed by atoms with E-state index in [1.807, 2.05) is 0 Å². The molecule has 0 amide bonds. The van der Waals surface area contributed by atoms with Gasteiger partial charge in [-0.25, -0.2) is 14.1 Å². The molecule has 2 rings (SSSR count). The van der Waals surface area contributed by atoms with E-state index < -0.39 is 17.6 Å². The minimum absolute atomic E-state index is 0.00231. The van der Waals surface area contributed by atoms with Gasteiger partial charge in [0.05, 0.1) is 5.56 Å². The number of anilines is 1. The van der Waals surface area contributed by atoms with Crippen molar-refractivity contribution >= 4 is 5.82 Å². The molecular weight excluding hydrogens is 252 g/mol. The highest BCUT2D eigenvalue weighted by molar-refractivity contribution is 5.71. The van der Waals surface area contributed by atoms with Gasteiger partial charge >= 0.3 is 6.18 Å². The number of aromatic nitrogens is 2. The van der Waals surface area contributed by atoms with Gasteiger partial charge in [0, 0.05) is 5.56 Å². The molecule has 0 fully saturated rings. The molecule has 0 saturated carbocycles. The van der Waals surface area contributed by atoms with Crippen molar-refractivity contribution in [2.75, 3.05) is 11.6 Å². The Morgan fingerprint density at radius 2 is 1.83 bits per heavy atom. The molecule has 18 heavy (non-hydrogen) atoms. The predicted molar refractivity (Wildman–Crippen MR) is 57.2 cm³/mol. The SMILES string of the molecule is Nc1c(-c2cc(F)cc(C(F)(F)F)c2)ncn1N. The van der Waals surface area contributed by atoms with E-state index in [9.17, 15) is 17.6 Å². The van der Waals surface area contributed by atoms with E-state index in [1.165, 1.54) is 0 Å². The van der Waals surface area contributed by atoms with Crippen LogP contribution in [0.25, 0.3) is 11.3 Å². The summed E-state index contributed by atoms with van der Waals surface area (Å²) >= 11 is 0. The summed E-state index contributed by atoms with van der Waals surface area (Å²) in [6, 6.07) is 2.08. The van der Waals surface area contributed by atoms with Gasteiger partial charge in [0.1, 0.15) is 23.7 Å². The Hall–Kier alpha value is -2.25. The molecule has 0 aliphatic rings. The summed E-state index contributed by atoms with van der Waals surface area (Å²) in [5, 5.41) is 0. The predicted octanol–water partition coefficient (Wildman–Crippen LogP) is 2.00. The van der Waals surface area contributed by atoms with Crippen molar-refractivity contribution in [3.05, 3.63) is 35.9 Å². The number of imidazole rings is 1. The number of nitrogen functional groups attached to an aromatic ring is 2. The summed E-state index contributed by atoms with van der Waals surface area (Å²) in [6.07, 6.45) is -3.51. The van der Waals surface area contributed by atoms with Gasteiger partial charge in [-0.3, -0.25) is 0 Å². The zero-order valence-electron chi connectivity index (χ0n) is 8.87. The average molecular weight is 260 g/mol. The summed E-state index contributed by atoms with van der Waals surface area (Å²) in [4.78, 5) is 3.73. The molecule has 0 radical (unpaired) electrons. The van der Waals surface area contributed by atoms with Gasteiger partial charge in [-0.15, -0.1) is 0 Å². The van der Waals surface area contributed by atoms with E-state index in [2.05, 4.69) is 4.98 Å². The summed E-state index contributed by atoms with van der Waals surface area (Å²) in [5.41, 5.74) is 4.33. The maximum Gasteiger partial charge on any atom is 0.416 e. The number of halogens is 4. The number of benzene rings is 1. The van der Waals surface area contributed by atoms with Crippen LogP contribution in [0.3, 0.4) is 0 Å². The Labute approximate surface area is 98.8 Å². The van der Waals surface area contributed by atoms with Gasteiger partial charge in [-0.2, -0.15) is 13.2 Å². The molecule has 4 N–H and O–H groups in total. The molecule has 1 aromatic carbocycles. The molecular formula is C10H8F4N4. The Kier molecular flexibility index (Phi) is 2.64. The van der Waals surface area contributed by atoms with E-state index in [-0.39, 0.29) is 17.1 Å². The van der Waals surface area contributed by atoms with Crippen molar-refractivity contribution in [1.82, 2.24) is 9.66 Å². The molecule has 8 heteroatoms. The van der Waals surface area contributed by atoms with Gasteiger partial charge in [0.2, 0.25) is 0 Å². The Morgan fingerprint density at radius 1 is 1.17 bits per heavy atom. The number of alkyl halides is 3. The maximum atomic E-state index is 13.2. The van der Waals surface area contributed by atoms with E-state index in [1.54, 1.807) is 0 Å². The average Bonchev–Trinajstić information content (AvgIpc) is 2.58. The Morgan fingerprint density at radius 3 is 2.33 bits per heavy atom. The molecule has 1 heterocycles. The maximum absolute atomic E-state index is 13.2. The first kappa shape index (κ1) is 12.2. The first-order valence-electron chi connectivity index (χ1n) is 4.75. The quantitative estimate of drug-likeness (QED) is 0.608. The smallest absolute Gasteiger partial charge is 0.382 e. The number of rotatable bonds is 1. The van der Waals surface area contributed by atoms with Crippen molar-refractivity contribution in [2.45, 2.75) is 6.18 Å². The third kappa shape index (κ3) is 2.08. The molecule has 96 valence electrons. The van der Waals surface area contributed by atoms with E-state index in [4.69, 9.17) is 11.6 Å². The van der Waals surface area contributed by atoms with E-state index >= 15 is 0 Å². The van der Waals surface area contributed by atoms with Crippen LogP contribution in [-0.4, -0.2) is 9.66 Å². The minimum Gasteiger partial charge on any atom is -0.382 e. The number of nitrogens with two attached hydrogens (primary N) is 2. The fourth-order valence-corrected chi connectivity index (χ4v) is 1.48. The van der Waals surface area contributed by atoms with Gasteiger partial charge in [0.25, 0.3) is 0 Å². The van der Waals surface area contributed by atoms with Gasteiger partial charge < -0.3 is 11.6 Å². The fraction of sp³-hybridized carbons (Fsp3) is 0.100. The van der Waals surface area contributed by atoms with Crippen molar-refractivity contribution in [1.29, 1.82) is 0 Å². The number of hydrogen-bond acceptors (Lipinski definition) is 3. The van der Waals surface area contributed by atoms with Crippen LogP contribution in [0.5, 0.6) is 0 Å². The van der Waals surface area contributed by atoms with Gasteiger partial charge in [-0.05, 0) is 18.2 Å². The van der Waals surface area contributed by atoms with Crippen molar-refractivity contribution in [3.8, 4) is 11.3 Å². The highest BCUT2D eigenvalue weighted by Crippen LogP contribution is 2.33. The van der Waals surface area contributed by atoms with Gasteiger partial charge in [-0.1, -0.05) is 0 Å². The normalized spacial score (nSPS) is 11.8. The summed E-state index contributed by atoms with van der Waals surface area (Å²) < 4.78 is 51.7. The molecule has 0 saturated heterocycles. The first-order chi connectivity index (χ1) is 8.29. The zero-order valence-corrected chi connectivity index (χ0v) is 8.87. The minimum atomic E-state index is -4.64. The third-order valence-corrected chi connectivity index (χ3v) is 2.33. The molecule has 2 aromatic rings. The summed E-state index contributed by atoms with van der Waals surface area (Å²) in [5.74, 6) is 4.28. The lowest BCUT2D eigenvalue weighted by molar-refractivity contribution is -0.137. The first-order valence-corrected chi connectivity index (χ1v) is 4.75.